The Labute approximate surface area is 104 Å². The minimum Gasteiger partial charge on any atom is -0.478 e. The summed E-state index contributed by atoms with van der Waals surface area (Å²) in [5.74, 6) is -1.93. The van der Waals surface area contributed by atoms with Crippen LogP contribution in [0.1, 0.15) is 17.3 Å². The molecule has 0 amide bonds. The zero-order valence-corrected chi connectivity index (χ0v) is 10.0. The molecule has 98 valence electrons. The lowest BCUT2D eigenvalue weighted by atomic mass is 10.1. The number of carboxylic acids is 1. The second-order valence-electron chi connectivity index (χ2n) is 4.29. The second-order valence-corrected chi connectivity index (χ2v) is 4.29. The van der Waals surface area contributed by atoms with E-state index in [9.17, 15) is 9.18 Å². The molecule has 0 aromatic heterocycles. The fourth-order valence-corrected chi connectivity index (χ4v) is 2.11. The largest absolute Gasteiger partial charge is 0.478 e. The van der Waals surface area contributed by atoms with Crippen molar-refractivity contribution in [3.8, 4) is 0 Å². The number of nitrogen functional groups attached to an aromatic ring is 1. The lowest BCUT2D eigenvalue weighted by Crippen LogP contribution is -2.41. The maximum Gasteiger partial charge on any atom is 0.340 e. The number of carbonyl (C=O) groups is 1. The van der Waals surface area contributed by atoms with Gasteiger partial charge < -0.3 is 20.5 Å². The van der Waals surface area contributed by atoms with Crippen molar-refractivity contribution >= 4 is 17.3 Å². The van der Waals surface area contributed by atoms with Crippen molar-refractivity contribution in [1.82, 2.24) is 0 Å². The van der Waals surface area contributed by atoms with Crippen molar-refractivity contribution in [2.24, 2.45) is 0 Å². The second kappa shape index (κ2) is 4.81. The molecule has 1 heterocycles. The van der Waals surface area contributed by atoms with E-state index in [0.29, 0.717) is 25.4 Å². The van der Waals surface area contributed by atoms with Gasteiger partial charge in [-0.1, -0.05) is 0 Å². The first kappa shape index (κ1) is 12.6. The van der Waals surface area contributed by atoms with Crippen molar-refractivity contribution in [2.75, 3.05) is 30.3 Å². The number of hydrogen-bond acceptors (Lipinski definition) is 4. The first-order valence-electron chi connectivity index (χ1n) is 5.68. The number of carboxylic acid groups (broad SMARTS) is 1. The fraction of sp³-hybridized carbons (Fsp3) is 0.417. The first-order valence-corrected chi connectivity index (χ1v) is 5.68. The van der Waals surface area contributed by atoms with Crippen LogP contribution in [0.5, 0.6) is 0 Å². The standard InChI is InChI=1S/C12H15FN2O3/c1-7-6-15(4-5-18-7)9-3-2-8(13)11(14)10(9)12(16)17/h2-3,7H,4-6,14H2,1H3,(H,16,17). The van der Waals surface area contributed by atoms with E-state index in [1.54, 1.807) is 0 Å². The van der Waals surface area contributed by atoms with E-state index in [2.05, 4.69) is 0 Å². The zero-order chi connectivity index (χ0) is 13.3. The van der Waals surface area contributed by atoms with Crippen LogP contribution < -0.4 is 10.6 Å². The molecule has 2 rings (SSSR count). The van der Waals surface area contributed by atoms with Crippen LogP contribution in [0, 0.1) is 5.82 Å². The van der Waals surface area contributed by atoms with Gasteiger partial charge in [-0.3, -0.25) is 0 Å². The molecule has 0 bridgehead atoms. The molecule has 3 N–H and O–H groups in total. The normalized spacial score (nSPS) is 19.9. The van der Waals surface area contributed by atoms with E-state index in [4.69, 9.17) is 15.6 Å². The van der Waals surface area contributed by atoms with Gasteiger partial charge in [-0.05, 0) is 19.1 Å². The number of benzene rings is 1. The molecule has 6 heteroatoms. The summed E-state index contributed by atoms with van der Waals surface area (Å²) in [6.07, 6.45) is 0.00618. The Kier molecular flexibility index (Phi) is 3.38. The van der Waals surface area contributed by atoms with Gasteiger partial charge in [-0.15, -0.1) is 0 Å². The molecule has 0 saturated carbocycles. The minimum absolute atomic E-state index is 0.00618. The van der Waals surface area contributed by atoms with Gasteiger partial charge in [0.05, 0.1) is 24.1 Å². The van der Waals surface area contributed by atoms with Gasteiger partial charge in [0.2, 0.25) is 0 Å². The summed E-state index contributed by atoms with van der Waals surface area (Å²) in [7, 11) is 0. The molecule has 1 atom stereocenters. The third-order valence-corrected chi connectivity index (χ3v) is 2.97. The van der Waals surface area contributed by atoms with Crippen LogP contribution >= 0.6 is 0 Å². The summed E-state index contributed by atoms with van der Waals surface area (Å²) >= 11 is 0. The van der Waals surface area contributed by atoms with Gasteiger partial charge in [0.1, 0.15) is 11.4 Å². The number of ether oxygens (including phenoxy) is 1. The van der Waals surface area contributed by atoms with Gasteiger partial charge in [-0.2, -0.15) is 0 Å². The molecule has 1 unspecified atom stereocenters. The van der Waals surface area contributed by atoms with E-state index in [0.717, 1.165) is 0 Å². The number of hydrogen-bond donors (Lipinski definition) is 2. The highest BCUT2D eigenvalue weighted by Gasteiger charge is 2.24. The van der Waals surface area contributed by atoms with Crippen molar-refractivity contribution in [3.05, 3.63) is 23.5 Å². The fourth-order valence-electron chi connectivity index (χ4n) is 2.11. The molecule has 1 aliphatic heterocycles. The van der Waals surface area contributed by atoms with E-state index >= 15 is 0 Å². The molecule has 0 aliphatic carbocycles. The van der Waals surface area contributed by atoms with Crippen LogP contribution in [0.15, 0.2) is 12.1 Å². The number of aromatic carboxylic acids is 1. The minimum atomic E-state index is -1.22. The van der Waals surface area contributed by atoms with Crippen molar-refractivity contribution in [3.63, 3.8) is 0 Å². The van der Waals surface area contributed by atoms with E-state index in [-0.39, 0.29) is 17.4 Å². The topological polar surface area (TPSA) is 75.8 Å². The highest BCUT2D eigenvalue weighted by atomic mass is 19.1. The number of morpholine rings is 1. The Balaban J connectivity index is 2.43. The molecule has 1 aliphatic rings. The summed E-state index contributed by atoms with van der Waals surface area (Å²) in [5.41, 5.74) is 5.46. The quantitative estimate of drug-likeness (QED) is 0.779. The molecule has 1 fully saturated rings. The molecule has 5 nitrogen and oxygen atoms in total. The predicted molar refractivity (Wildman–Crippen MR) is 65.4 cm³/mol. The van der Waals surface area contributed by atoms with Crippen LogP contribution in [0.3, 0.4) is 0 Å². The van der Waals surface area contributed by atoms with Crippen LogP contribution in [-0.2, 0) is 4.74 Å². The van der Waals surface area contributed by atoms with Gasteiger partial charge in [0.15, 0.2) is 0 Å². The highest BCUT2D eigenvalue weighted by Crippen LogP contribution is 2.29. The van der Waals surface area contributed by atoms with E-state index in [1.165, 1.54) is 12.1 Å². The van der Waals surface area contributed by atoms with Crippen molar-refractivity contribution < 1.29 is 19.0 Å². The monoisotopic (exact) mass is 254 g/mol. The molecular formula is C12H15FN2O3. The number of nitrogens with two attached hydrogens (primary N) is 1. The molecule has 1 saturated heterocycles. The number of anilines is 2. The summed E-state index contributed by atoms with van der Waals surface area (Å²) in [4.78, 5) is 13.1. The predicted octanol–water partition coefficient (Wildman–Crippen LogP) is 1.33. The average molecular weight is 254 g/mol. The van der Waals surface area contributed by atoms with Crippen LogP contribution in [0.2, 0.25) is 0 Å². The number of nitrogens with zero attached hydrogens (tertiary/aromatic N) is 1. The summed E-state index contributed by atoms with van der Waals surface area (Å²) < 4.78 is 18.7. The number of rotatable bonds is 2. The summed E-state index contributed by atoms with van der Waals surface area (Å²) in [6.45, 7) is 3.54. The lowest BCUT2D eigenvalue weighted by Gasteiger charge is -2.33. The Bertz CT molecular complexity index is 479. The smallest absolute Gasteiger partial charge is 0.340 e. The Morgan fingerprint density at radius 2 is 2.33 bits per heavy atom. The first-order chi connectivity index (χ1) is 8.50. The zero-order valence-electron chi connectivity index (χ0n) is 10.0. The molecule has 1 aromatic carbocycles. The van der Waals surface area contributed by atoms with Gasteiger partial charge in [0, 0.05) is 13.1 Å². The molecular weight excluding hydrogens is 239 g/mol. The van der Waals surface area contributed by atoms with Crippen molar-refractivity contribution in [2.45, 2.75) is 13.0 Å². The molecule has 0 radical (unpaired) electrons. The number of halogens is 1. The van der Waals surface area contributed by atoms with Crippen LogP contribution in [0.25, 0.3) is 0 Å². The molecule has 18 heavy (non-hydrogen) atoms. The summed E-state index contributed by atoms with van der Waals surface area (Å²) in [6, 6.07) is 2.64. The van der Waals surface area contributed by atoms with Crippen molar-refractivity contribution in [1.29, 1.82) is 0 Å². The molecule has 0 spiro atoms. The van der Waals surface area contributed by atoms with Gasteiger partial charge in [0.25, 0.3) is 0 Å². The Morgan fingerprint density at radius 1 is 1.61 bits per heavy atom. The Hall–Kier alpha value is -1.82. The maximum absolute atomic E-state index is 13.3. The lowest BCUT2D eigenvalue weighted by molar-refractivity contribution is 0.0528. The van der Waals surface area contributed by atoms with Gasteiger partial charge >= 0.3 is 5.97 Å². The third-order valence-electron chi connectivity index (χ3n) is 2.97. The maximum atomic E-state index is 13.3. The third kappa shape index (κ3) is 2.24. The SMILES string of the molecule is CC1CN(c2ccc(F)c(N)c2C(=O)O)CCO1. The van der Waals surface area contributed by atoms with Crippen LogP contribution in [0.4, 0.5) is 15.8 Å². The van der Waals surface area contributed by atoms with Gasteiger partial charge in [-0.25, -0.2) is 9.18 Å². The highest BCUT2D eigenvalue weighted by molar-refractivity contribution is 6.00. The summed E-state index contributed by atoms with van der Waals surface area (Å²) in [5, 5.41) is 9.16. The molecule has 1 aromatic rings. The van der Waals surface area contributed by atoms with E-state index < -0.39 is 11.8 Å². The van der Waals surface area contributed by atoms with E-state index in [1.807, 2.05) is 11.8 Å². The Morgan fingerprint density at radius 3 is 2.94 bits per heavy atom. The van der Waals surface area contributed by atoms with Crippen LogP contribution in [-0.4, -0.2) is 36.9 Å². The average Bonchev–Trinajstić information content (AvgIpc) is 2.32.